The maximum Gasteiger partial charge on any atom is 0.0538 e. The second-order valence-electron chi connectivity index (χ2n) is 3.71. The van der Waals surface area contributed by atoms with E-state index in [1.54, 1.807) is 10.9 Å². The summed E-state index contributed by atoms with van der Waals surface area (Å²) in [5.74, 6) is 0. The van der Waals surface area contributed by atoms with Crippen LogP contribution >= 0.6 is 0 Å². The van der Waals surface area contributed by atoms with E-state index in [9.17, 15) is 0 Å². The molecule has 1 N–H and O–H groups in total. The molecule has 0 saturated heterocycles. The van der Waals surface area contributed by atoms with Crippen molar-refractivity contribution in [1.82, 2.24) is 20.0 Å². The molecule has 0 atom stereocenters. The lowest BCUT2D eigenvalue weighted by Crippen LogP contribution is -2.31. The zero-order valence-corrected chi connectivity index (χ0v) is 10.3. The van der Waals surface area contributed by atoms with Gasteiger partial charge in [-0.15, -0.1) is 0 Å². The Kier molecular flexibility index (Phi) is 5.82. The predicted octanol–water partition coefficient (Wildman–Crippen LogP) is 1.41. The molecule has 16 heavy (non-hydrogen) atoms. The third kappa shape index (κ3) is 4.16. The van der Waals surface area contributed by atoms with Gasteiger partial charge < -0.3 is 10.2 Å². The van der Waals surface area contributed by atoms with E-state index in [2.05, 4.69) is 35.7 Å². The van der Waals surface area contributed by atoms with E-state index < -0.39 is 0 Å². The fourth-order valence-corrected chi connectivity index (χ4v) is 1.58. The summed E-state index contributed by atoms with van der Waals surface area (Å²) in [6, 6.07) is 0. The van der Waals surface area contributed by atoms with Crippen molar-refractivity contribution < 1.29 is 0 Å². The largest absolute Gasteiger partial charge is 0.311 e. The van der Waals surface area contributed by atoms with Gasteiger partial charge in [-0.05, 0) is 13.1 Å². The number of hydrogen-bond donors (Lipinski definition) is 1. The van der Waals surface area contributed by atoms with Crippen LogP contribution in [0, 0.1) is 0 Å². The fraction of sp³-hybridized carbons (Fsp3) is 0.583. The third-order valence-corrected chi connectivity index (χ3v) is 2.67. The van der Waals surface area contributed by atoms with Crippen LogP contribution in [0.1, 0.15) is 19.4 Å². The average Bonchev–Trinajstić information content (AvgIpc) is 2.77. The molecule has 0 spiro atoms. The summed E-state index contributed by atoms with van der Waals surface area (Å²) in [6.07, 6.45) is 5.54. The number of aromatic nitrogens is 2. The lowest BCUT2D eigenvalue weighted by atomic mass is 10.3. The average molecular weight is 222 g/mol. The Bertz CT molecular complexity index is 302. The highest BCUT2D eigenvalue weighted by molar-refractivity contribution is 5.17. The normalized spacial score (nSPS) is 10.9. The second-order valence-corrected chi connectivity index (χ2v) is 3.71. The van der Waals surface area contributed by atoms with Crippen LogP contribution in [0.25, 0.3) is 6.20 Å². The van der Waals surface area contributed by atoms with Gasteiger partial charge >= 0.3 is 0 Å². The highest BCUT2D eigenvalue weighted by Gasteiger charge is 1.99. The SMILES string of the molecule is C=Cn1cc(CNCCN(CC)CC)cn1. The fourth-order valence-electron chi connectivity index (χ4n) is 1.58. The van der Waals surface area contributed by atoms with Crippen molar-refractivity contribution in [3.8, 4) is 0 Å². The van der Waals surface area contributed by atoms with Gasteiger partial charge in [-0.1, -0.05) is 20.4 Å². The van der Waals surface area contributed by atoms with Gasteiger partial charge in [-0.25, -0.2) is 4.68 Å². The van der Waals surface area contributed by atoms with Crippen LogP contribution in [0.15, 0.2) is 19.0 Å². The zero-order valence-electron chi connectivity index (χ0n) is 10.3. The first-order valence-corrected chi connectivity index (χ1v) is 5.88. The van der Waals surface area contributed by atoms with Gasteiger partial charge in [-0.3, -0.25) is 0 Å². The minimum absolute atomic E-state index is 0.870. The van der Waals surface area contributed by atoms with Crippen LogP contribution in [0.3, 0.4) is 0 Å². The van der Waals surface area contributed by atoms with E-state index in [1.807, 2.05) is 12.4 Å². The maximum atomic E-state index is 4.13. The molecule has 4 nitrogen and oxygen atoms in total. The van der Waals surface area contributed by atoms with Gasteiger partial charge in [0.2, 0.25) is 0 Å². The second kappa shape index (κ2) is 7.19. The Morgan fingerprint density at radius 1 is 1.50 bits per heavy atom. The molecule has 0 aromatic carbocycles. The first-order valence-electron chi connectivity index (χ1n) is 5.88. The van der Waals surface area contributed by atoms with E-state index in [4.69, 9.17) is 0 Å². The minimum Gasteiger partial charge on any atom is -0.311 e. The van der Waals surface area contributed by atoms with Crippen LogP contribution in [-0.4, -0.2) is 40.9 Å². The highest BCUT2D eigenvalue weighted by atomic mass is 15.2. The quantitative estimate of drug-likeness (QED) is 0.675. The van der Waals surface area contributed by atoms with E-state index in [0.29, 0.717) is 0 Å². The van der Waals surface area contributed by atoms with Crippen molar-refractivity contribution in [2.45, 2.75) is 20.4 Å². The Hall–Kier alpha value is -1.13. The summed E-state index contributed by atoms with van der Waals surface area (Å²) < 4.78 is 1.72. The Morgan fingerprint density at radius 3 is 2.81 bits per heavy atom. The summed E-state index contributed by atoms with van der Waals surface area (Å²) in [7, 11) is 0. The minimum atomic E-state index is 0.870. The molecule has 1 aromatic heterocycles. The van der Waals surface area contributed by atoms with Crippen LogP contribution in [0.2, 0.25) is 0 Å². The molecule has 4 heteroatoms. The lowest BCUT2D eigenvalue weighted by molar-refractivity contribution is 0.302. The molecule has 90 valence electrons. The van der Waals surface area contributed by atoms with Crippen LogP contribution in [0.4, 0.5) is 0 Å². The summed E-state index contributed by atoms with van der Waals surface area (Å²) in [4.78, 5) is 2.40. The van der Waals surface area contributed by atoms with Gasteiger partial charge in [0.05, 0.1) is 6.20 Å². The third-order valence-electron chi connectivity index (χ3n) is 2.67. The highest BCUT2D eigenvalue weighted by Crippen LogP contribution is 1.96. The van der Waals surface area contributed by atoms with Crippen molar-refractivity contribution in [3.05, 3.63) is 24.5 Å². The predicted molar refractivity (Wildman–Crippen MR) is 68.1 cm³/mol. The first kappa shape index (κ1) is 12.9. The summed E-state index contributed by atoms with van der Waals surface area (Å²) >= 11 is 0. The van der Waals surface area contributed by atoms with E-state index in [1.165, 1.54) is 5.56 Å². The van der Waals surface area contributed by atoms with Crippen molar-refractivity contribution in [1.29, 1.82) is 0 Å². The molecule has 0 aliphatic heterocycles. The Balaban J connectivity index is 2.17. The molecule has 0 amide bonds. The molecule has 1 rings (SSSR count). The van der Waals surface area contributed by atoms with Gasteiger partial charge in [-0.2, -0.15) is 5.10 Å². The van der Waals surface area contributed by atoms with E-state index in [-0.39, 0.29) is 0 Å². The number of rotatable bonds is 8. The summed E-state index contributed by atoms with van der Waals surface area (Å²) in [5, 5.41) is 7.54. The van der Waals surface area contributed by atoms with Crippen LogP contribution in [0.5, 0.6) is 0 Å². The van der Waals surface area contributed by atoms with Crippen molar-refractivity contribution in [2.75, 3.05) is 26.2 Å². The molecule has 1 aromatic rings. The maximum absolute atomic E-state index is 4.13. The molecule has 0 radical (unpaired) electrons. The first-order chi connectivity index (χ1) is 7.80. The van der Waals surface area contributed by atoms with E-state index >= 15 is 0 Å². The number of hydrogen-bond acceptors (Lipinski definition) is 3. The zero-order chi connectivity index (χ0) is 11.8. The van der Waals surface area contributed by atoms with Crippen LogP contribution < -0.4 is 5.32 Å². The molecular formula is C12H22N4. The van der Waals surface area contributed by atoms with Crippen molar-refractivity contribution >= 4 is 6.20 Å². The molecule has 0 unspecified atom stereocenters. The smallest absolute Gasteiger partial charge is 0.0538 e. The van der Waals surface area contributed by atoms with Gasteiger partial charge in [0, 0.05) is 37.6 Å². The Morgan fingerprint density at radius 2 is 2.25 bits per heavy atom. The molecule has 0 bridgehead atoms. The molecule has 0 saturated carbocycles. The van der Waals surface area contributed by atoms with Crippen molar-refractivity contribution in [3.63, 3.8) is 0 Å². The van der Waals surface area contributed by atoms with Gasteiger partial charge in [0.25, 0.3) is 0 Å². The standard InChI is InChI=1S/C12H22N4/c1-4-15(5-2)8-7-13-9-12-10-14-16(6-3)11-12/h6,10-11,13H,3-5,7-9H2,1-2H3. The lowest BCUT2D eigenvalue weighted by Gasteiger charge is -2.17. The molecule has 0 aliphatic carbocycles. The van der Waals surface area contributed by atoms with E-state index in [0.717, 1.165) is 32.7 Å². The van der Waals surface area contributed by atoms with Gasteiger partial charge in [0.15, 0.2) is 0 Å². The molecule has 0 aliphatic rings. The molecule has 0 fully saturated rings. The summed E-state index contributed by atoms with van der Waals surface area (Å²) in [5.41, 5.74) is 1.19. The number of nitrogens with zero attached hydrogens (tertiary/aromatic N) is 3. The molecule has 1 heterocycles. The number of likely N-dealkylation sites (N-methyl/N-ethyl adjacent to an activating group) is 1. The van der Waals surface area contributed by atoms with Crippen LogP contribution in [-0.2, 0) is 6.54 Å². The monoisotopic (exact) mass is 222 g/mol. The van der Waals surface area contributed by atoms with Crippen molar-refractivity contribution in [2.24, 2.45) is 0 Å². The molecular weight excluding hydrogens is 200 g/mol. The summed E-state index contributed by atoms with van der Waals surface area (Å²) in [6.45, 7) is 13.3. The topological polar surface area (TPSA) is 33.1 Å². The van der Waals surface area contributed by atoms with Gasteiger partial charge in [0.1, 0.15) is 0 Å². The number of nitrogens with one attached hydrogen (secondary N) is 1. The Labute approximate surface area is 97.9 Å².